The number of likely N-dealkylation sites (tertiary alicyclic amines) is 1. The molecule has 1 atom stereocenters. The normalized spacial score (nSPS) is 21.9. The maximum absolute atomic E-state index is 5.46. The number of aliphatic imine (C=N–C) groups is 1. The largest absolute Gasteiger partial charge is 0.379 e. The van der Waals surface area contributed by atoms with Gasteiger partial charge in [0.05, 0.1) is 25.5 Å². The van der Waals surface area contributed by atoms with Crippen LogP contribution in [0.3, 0.4) is 0 Å². The van der Waals surface area contributed by atoms with Crippen molar-refractivity contribution in [2.45, 2.75) is 19.9 Å². The molecule has 2 fully saturated rings. The molecule has 2 aliphatic rings. The zero-order chi connectivity index (χ0) is 18.6. The topological polar surface area (TPSA) is 57.4 Å². The van der Waals surface area contributed by atoms with E-state index in [4.69, 9.17) is 9.72 Å². The number of aromatic nitrogens is 2. The third-order valence-corrected chi connectivity index (χ3v) is 5.59. The van der Waals surface area contributed by atoms with E-state index in [1.54, 1.807) is 0 Å². The molecule has 0 bridgehead atoms. The molecule has 7 heteroatoms. The summed E-state index contributed by atoms with van der Waals surface area (Å²) in [6.45, 7) is 9.98. The minimum absolute atomic E-state index is 0.693. The summed E-state index contributed by atoms with van der Waals surface area (Å²) in [5.41, 5.74) is 3.23. The van der Waals surface area contributed by atoms with Crippen molar-refractivity contribution in [2.75, 3.05) is 53.0 Å². The fourth-order valence-corrected chi connectivity index (χ4v) is 4.11. The van der Waals surface area contributed by atoms with E-state index < -0.39 is 0 Å². The monoisotopic (exact) mass is 370 g/mol. The van der Waals surface area contributed by atoms with Gasteiger partial charge in [-0.2, -0.15) is 0 Å². The lowest BCUT2D eigenvalue weighted by Crippen LogP contribution is -2.42. The van der Waals surface area contributed by atoms with E-state index >= 15 is 0 Å². The molecule has 2 aliphatic heterocycles. The lowest BCUT2D eigenvalue weighted by atomic mass is 10.1. The number of nitrogens with zero attached hydrogens (tertiary/aromatic N) is 5. The van der Waals surface area contributed by atoms with Crippen molar-refractivity contribution < 1.29 is 4.74 Å². The van der Waals surface area contributed by atoms with Crippen LogP contribution in [0.25, 0.3) is 5.65 Å². The van der Waals surface area contributed by atoms with E-state index in [9.17, 15) is 0 Å². The maximum atomic E-state index is 5.46. The Bertz CT molecular complexity index is 795. The Hall–Kier alpha value is -2.12. The summed E-state index contributed by atoms with van der Waals surface area (Å²) in [6, 6.07) is 6.19. The van der Waals surface area contributed by atoms with Gasteiger partial charge in [-0.25, -0.2) is 4.98 Å². The van der Waals surface area contributed by atoms with Gasteiger partial charge >= 0.3 is 0 Å². The SMILES string of the molecule is CN=C(NCc1cn2c(C)cccc2n1)N1CCC(CN2CCOCC2)C1. The van der Waals surface area contributed by atoms with Gasteiger partial charge in [0, 0.05) is 51.7 Å². The number of pyridine rings is 1. The van der Waals surface area contributed by atoms with Crippen LogP contribution >= 0.6 is 0 Å². The molecule has 1 unspecified atom stereocenters. The van der Waals surface area contributed by atoms with Crippen molar-refractivity contribution in [2.24, 2.45) is 10.9 Å². The molecule has 0 aliphatic carbocycles. The van der Waals surface area contributed by atoms with Crippen LogP contribution in [0.15, 0.2) is 29.4 Å². The van der Waals surface area contributed by atoms with Crippen molar-refractivity contribution in [3.8, 4) is 0 Å². The van der Waals surface area contributed by atoms with Gasteiger partial charge in [-0.1, -0.05) is 6.07 Å². The van der Waals surface area contributed by atoms with Crippen LogP contribution in [0.4, 0.5) is 0 Å². The highest BCUT2D eigenvalue weighted by Crippen LogP contribution is 2.18. The van der Waals surface area contributed by atoms with Crippen LogP contribution in [-0.2, 0) is 11.3 Å². The van der Waals surface area contributed by atoms with Crippen LogP contribution in [0.5, 0.6) is 0 Å². The highest BCUT2D eigenvalue weighted by atomic mass is 16.5. The first-order chi connectivity index (χ1) is 13.2. The predicted octanol–water partition coefficient (Wildman–Crippen LogP) is 1.37. The molecule has 2 aromatic rings. The first-order valence-electron chi connectivity index (χ1n) is 9.92. The van der Waals surface area contributed by atoms with Gasteiger partial charge in [-0.15, -0.1) is 0 Å². The quantitative estimate of drug-likeness (QED) is 0.651. The van der Waals surface area contributed by atoms with Gasteiger partial charge in [0.2, 0.25) is 0 Å². The van der Waals surface area contributed by atoms with Gasteiger partial charge < -0.3 is 19.4 Å². The lowest BCUT2D eigenvalue weighted by Gasteiger charge is -2.29. The van der Waals surface area contributed by atoms with E-state index in [0.717, 1.165) is 56.7 Å². The molecule has 27 heavy (non-hydrogen) atoms. The number of morpholine rings is 1. The molecule has 4 heterocycles. The Labute approximate surface area is 161 Å². The summed E-state index contributed by atoms with van der Waals surface area (Å²) in [6.07, 6.45) is 3.34. The highest BCUT2D eigenvalue weighted by Gasteiger charge is 2.27. The van der Waals surface area contributed by atoms with Crippen molar-refractivity contribution in [3.05, 3.63) is 35.8 Å². The average molecular weight is 371 g/mol. The summed E-state index contributed by atoms with van der Waals surface area (Å²) in [7, 11) is 1.87. The van der Waals surface area contributed by atoms with E-state index in [1.807, 2.05) is 19.2 Å². The number of imidazole rings is 1. The number of hydrogen-bond acceptors (Lipinski definition) is 4. The van der Waals surface area contributed by atoms with Crippen molar-refractivity contribution in [1.82, 2.24) is 24.5 Å². The molecule has 146 valence electrons. The Morgan fingerprint density at radius 1 is 1.30 bits per heavy atom. The molecular formula is C20H30N6O. The fourth-order valence-electron chi connectivity index (χ4n) is 4.11. The van der Waals surface area contributed by atoms with Crippen LogP contribution in [0, 0.1) is 12.8 Å². The van der Waals surface area contributed by atoms with E-state index in [0.29, 0.717) is 12.5 Å². The Balaban J connectivity index is 1.31. The molecule has 1 N–H and O–H groups in total. The summed E-state index contributed by atoms with van der Waals surface area (Å²) in [5.74, 6) is 1.69. The Morgan fingerprint density at radius 3 is 2.93 bits per heavy atom. The highest BCUT2D eigenvalue weighted by molar-refractivity contribution is 5.80. The van der Waals surface area contributed by atoms with Crippen molar-refractivity contribution >= 4 is 11.6 Å². The van der Waals surface area contributed by atoms with E-state index in [1.165, 1.54) is 18.7 Å². The zero-order valence-corrected chi connectivity index (χ0v) is 16.4. The number of rotatable bonds is 4. The average Bonchev–Trinajstić information content (AvgIpc) is 3.31. The van der Waals surface area contributed by atoms with Gasteiger partial charge in [0.1, 0.15) is 5.65 Å². The molecule has 0 radical (unpaired) electrons. The molecule has 0 aromatic carbocycles. The summed E-state index contributed by atoms with van der Waals surface area (Å²) >= 11 is 0. The number of fused-ring (bicyclic) bond motifs is 1. The third-order valence-electron chi connectivity index (χ3n) is 5.59. The maximum Gasteiger partial charge on any atom is 0.193 e. The standard InChI is InChI=1S/C20H30N6O/c1-16-4-3-5-19-23-18(15-26(16)19)12-22-20(21-2)25-7-6-17(14-25)13-24-8-10-27-11-9-24/h3-5,15,17H,6-14H2,1-2H3,(H,21,22). The minimum atomic E-state index is 0.693. The molecule has 4 rings (SSSR count). The molecule has 2 saturated heterocycles. The molecule has 2 aromatic heterocycles. The second kappa shape index (κ2) is 8.27. The lowest BCUT2D eigenvalue weighted by molar-refractivity contribution is 0.0315. The summed E-state index contributed by atoms with van der Waals surface area (Å²) in [4.78, 5) is 14.1. The van der Waals surface area contributed by atoms with E-state index in [2.05, 4.69) is 43.7 Å². The van der Waals surface area contributed by atoms with Crippen LogP contribution < -0.4 is 5.32 Å². The second-order valence-corrected chi connectivity index (χ2v) is 7.54. The van der Waals surface area contributed by atoms with Crippen LogP contribution in [-0.4, -0.2) is 78.1 Å². The number of hydrogen-bond donors (Lipinski definition) is 1. The molecular weight excluding hydrogens is 340 g/mol. The molecule has 7 nitrogen and oxygen atoms in total. The van der Waals surface area contributed by atoms with Crippen molar-refractivity contribution in [1.29, 1.82) is 0 Å². The van der Waals surface area contributed by atoms with E-state index in [-0.39, 0.29) is 0 Å². The number of nitrogens with one attached hydrogen (secondary N) is 1. The molecule has 0 spiro atoms. The van der Waals surface area contributed by atoms with Gasteiger partial charge in [-0.05, 0) is 31.4 Å². The Morgan fingerprint density at radius 2 is 2.15 bits per heavy atom. The molecule has 0 amide bonds. The van der Waals surface area contributed by atoms with Crippen LogP contribution in [0.1, 0.15) is 17.8 Å². The summed E-state index contributed by atoms with van der Waals surface area (Å²) < 4.78 is 7.59. The smallest absolute Gasteiger partial charge is 0.193 e. The zero-order valence-electron chi connectivity index (χ0n) is 16.4. The first kappa shape index (κ1) is 18.3. The van der Waals surface area contributed by atoms with Gasteiger partial charge in [-0.3, -0.25) is 9.89 Å². The number of ether oxygens (including phenoxy) is 1. The predicted molar refractivity (Wildman–Crippen MR) is 107 cm³/mol. The number of guanidine groups is 1. The fraction of sp³-hybridized carbons (Fsp3) is 0.600. The number of aryl methyl sites for hydroxylation is 1. The Kier molecular flexibility index (Phi) is 5.59. The first-order valence-corrected chi connectivity index (χ1v) is 9.92. The minimum Gasteiger partial charge on any atom is -0.379 e. The second-order valence-electron chi connectivity index (χ2n) is 7.54. The van der Waals surface area contributed by atoms with Crippen molar-refractivity contribution in [3.63, 3.8) is 0 Å². The van der Waals surface area contributed by atoms with Gasteiger partial charge in [0.25, 0.3) is 0 Å². The van der Waals surface area contributed by atoms with Crippen LogP contribution in [0.2, 0.25) is 0 Å². The van der Waals surface area contributed by atoms with Gasteiger partial charge in [0.15, 0.2) is 5.96 Å². The molecule has 0 saturated carbocycles. The summed E-state index contributed by atoms with van der Waals surface area (Å²) in [5, 5.41) is 3.50. The third kappa shape index (κ3) is 4.25.